The molecule has 3 aromatic rings. The van der Waals surface area contributed by atoms with Gasteiger partial charge in [0.25, 0.3) is 0 Å². The predicted octanol–water partition coefficient (Wildman–Crippen LogP) is 0.999. The molecule has 2 aromatic carbocycles. The highest BCUT2D eigenvalue weighted by molar-refractivity contribution is 7.94. The van der Waals surface area contributed by atoms with Crippen molar-refractivity contribution in [3.8, 4) is 0 Å². The maximum absolute atomic E-state index is 14.1. The van der Waals surface area contributed by atoms with E-state index < -0.39 is 26.6 Å². The van der Waals surface area contributed by atoms with Crippen LogP contribution in [-0.2, 0) is 10.0 Å². The number of hydrogen-bond donors (Lipinski definition) is 2. The van der Waals surface area contributed by atoms with Gasteiger partial charge in [0, 0.05) is 0 Å². The molecule has 0 amide bonds. The van der Waals surface area contributed by atoms with Crippen molar-refractivity contribution in [1.29, 1.82) is 0 Å². The van der Waals surface area contributed by atoms with Gasteiger partial charge < -0.3 is 24.6 Å². The number of rotatable bonds is 6. The molecule has 0 bridgehead atoms. The average molecular weight is 449 g/mol. The van der Waals surface area contributed by atoms with E-state index in [1.165, 1.54) is 4.90 Å². The maximum Gasteiger partial charge on any atom is 0.205 e. The normalized spacial score (nSPS) is 15.4. The summed E-state index contributed by atoms with van der Waals surface area (Å²) in [6.45, 7) is 3.27. The number of aliphatic hydroxyl groups is 1. The van der Waals surface area contributed by atoms with E-state index in [1.54, 1.807) is 24.3 Å². The Bertz CT molecular complexity index is 1200. The second-order valence-corrected chi connectivity index (χ2v) is 8.78. The van der Waals surface area contributed by atoms with Gasteiger partial charge in [-0.05, 0) is 35.6 Å². The number of piperazine rings is 1. The molecule has 31 heavy (non-hydrogen) atoms. The summed E-state index contributed by atoms with van der Waals surface area (Å²) in [4.78, 5) is 11.2. The molecule has 0 radical (unpaired) electrons. The van der Waals surface area contributed by atoms with Gasteiger partial charge in [-0.15, -0.1) is 0 Å². The van der Waals surface area contributed by atoms with Gasteiger partial charge in [0.05, 0.1) is 38.3 Å². The molecule has 2 N–H and O–H groups in total. The molecule has 1 aliphatic rings. The maximum atomic E-state index is 14.1. The van der Waals surface area contributed by atoms with Crippen molar-refractivity contribution in [1.82, 2.24) is 9.97 Å². The minimum atomic E-state index is -4.57. The molecule has 1 fully saturated rings. The number of quaternary nitrogens is 1. The van der Waals surface area contributed by atoms with Crippen molar-refractivity contribution in [2.45, 2.75) is 4.90 Å². The van der Waals surface area contributed by atoms with Gasteiger partial charge in [-0.1, -0.05) is 18.2 Å². The van der Waals surface area contributed by atoms with E-state index in [9.17, 15) is 17.2 Å². The van der Waals surface area contributed by atoms with Crippen molar-refractivity contribution in [2.24, 2.45) is 0 Å². The molecule has 164 valence electrons. The van der Waals surface area contributed by atoms with Crippen LogP contribution in [0.25, 0.3) is 15.8 Å². The smallest absolute Gasteiger partial charge is 0.205 e. The van der Waals surface area contributed by atoms with Crippen LogP contribution in [0.1, 0.15) is 0 Å². The fourth-order valence-electron chi connectivity index (χ4n) is 3.54. The zero-order chi connectivity index (χ0) is 22.0. The van der Waals surface area contributed by atoms with Crippen LogP contribution in [0.15, 0.2) is 47.4 Å². The summed E-state index contributed by atoms with van der Waals surface area (Å²) in [7, 11) is -4.57. The lowest BCUT2D eigenvalue weighted by molar-refractivity contribution is -0.900. The van der Waals surface area contributed by atoms with E-state index >= 15 is 0 Å². The Kier molecular flexibility index (Phi) is 5.99. The number of benzene rings is 2. The molecule has 0 atom stereocenters. The van der Waals surface area contributed by atoms with Crippen LogP contribution in [-0.4, -0.2) is 62.8 Å². The summed E-state index contributed by atoms with van der Waals surface area (Å²) in [5.41, 5.74) is 1.00. The number of halogens is 2. The molecular weight excluding hydrogens is 428 g/mol. The van der Waals surface area contributed by atoms with Crippen molar-refractivity contribution < 1.29 is 27.2 Å². The number of sulfonamides is 1. The number of nitrogens with zero attached hydrogens (tertiary/aromatic N) is 4. The first-order chi connectivity index (χ1) is 14.9. The summed E-state index contributed by atoms with van der Waals surface area (Å²) in [6, 6.07) is 9.13. The topological polar surface area (TPSA) is 102 Å². The summed E-state index contributed by atoms with van der Waals surface area (Å²) < 4.78 is 57.0. The monoisotopic (exact) mass is 449 g/mol. The average Bonchev–Trinajstić information content (AvgIpc) is 2.75. The van der Waals surface area contributed by atoms with Gasteiger partial charge in [0.2, 0.25) is 10.0 Å². The van der Waals surface area contributed by atoms with Gasteiger partial charge >= 0.3 is 0 Å². The Labute approximate surface area is 178 Å². The first-order valence-electron chi connectivity index (χ1n) is 9.76. The SMILES string of the molecule is O=S(=O)([N-]c1nc2ccccc2nc1N1CC[NH+](CCO)CC1)c1cc(F)ccc1F. The van der Waals surface area contributed by atoms with Crippen molar-refractivity contribution in [3.05, 3.63) is 58.8 Å². The highest BCUT2D eigenvalue weighted by Gasteiger charge is 2.24. The van der Waals surface area contributed by atoms with Gasteiger partial charge in [-0.25, -0.2) is 22.2 Å². The summed E-state index contributed by atoms with van der Waals surface area (Å²) >= 11 is 0. The third kappa shape index (κ3) is 4.58. The molecule has 11 heteroatoms. The largest absolute Gasteiger partial charge is 0.431 e. The Balaban J connectivity index is 1.72. The van der Waals surface area contributed by atoms with Crippen molar-refractivity contribution in [2.75, 3.05) is 44.2 Å². The minimum Gasteiger partial charge on any atom is -0.431 e. The van der Waals surface area contributed by atoms with E-state index in [0.717, 1.165) is 25.2 Å². The van der Waals surface area contributed by atoms with Crippen LogP contribution in [0.3, 0.4) is 0 Å². The second-order valence-electron chi connectivity index (χ2n) is 7.21. The van der Waals surface area contributed by atoms with Gasteiger partial charge in [-0.2, -0.15) is 0 Å². The van der Waals surface area contributed by atoms with E-state index in [2.05, 4.69) is 14.7 Å². The van der Waals surface area contributed by atoms with Crippen LogP contribution in [0.2, 0.25) is 0 Å². The summed E-state index contributed by atoms with van der Waals surface area (Å²) in [5.74, 6) is -1.89. The Hall–Kier alpha value is -2.89. The van der Waals surface area contributed by atoms with Crippen molar-refractivity contribution >= 4 is 32.7 Å². The molecule has 8 nitrogen and oxygen atoms in total. The molecule has 0 aliphatic carbocycles. The molecule has 0 unspecified atom stereocenters. The zero-order valence-corrected chi connectivity index (χ0v) is 17.3. The first kappa shape index (κ1) is 21.3. The Morgan fingerprint density at radius 1 is 1.06 bits per heavy atom. The van der Waals surface area contributed by atoms with Crippen LogP contribution in [0.5, 0.6) is 0 Å². The summed E-state index contributed by atoms with van der Waals surface area (Å²) in [5, 5.41) is 9.15. The third-order valence-corrected chi connectivity index (χ3v) is 6.43. The fraction of sp³-hybridized carbons (Fsp3) is 0.300. The number of aliphatic hydroxyl groups excluding tert-OH is 1. The van der Waals surface area contributed by atoms with Gasteiger partial charge in [0.1, 0.15) is 28.9 Å². The highest BCUT2D eigenvalue weighted by Crippen LogP contribution is 2.35. The standard InChI is InChI=1S/C20H20F2N5O3S/c21-14-5-6-15(22)18(13-14)31(29,30)25-19-20(24-17-4-2-1-3-16(17)23-19)27-9-7-26(8-10-27)11-12-28/h1-6,13,28H,7-12H2/q-1/p+1. The molecular formula is C20H21F2N5O3S. The zero-order valence-electron chi connectivity index (χ0n) is 16.5. The van der Waals surface area contributed by atoms with Crippen LogP contribution in [0.4, 0.5) is 20.4 Å². The highest BCUT2D eigenvalue weighted by atomic mass is 32.2. The predicted molar refractivity (Wildman–Crippen MR) is 111 cm³/mol. The van der Waals surface area contributed by atoms with Crippen molar-refractivity contribution in [3.63, 3.8) is 0 Å². The number of aromatic nitrogens is 2. The molecule has 4 rings (SSSR count). The molecule has 0 spiro atoms. The van der Waals surface area contributed by atoms with Gasteiger partial charge in [0.15, 0.2) is 0 Å². The first-order valence-corrected chi connectivity index (χ1v) is 11.2. The van der Waals surface area contributed by atoms with E-state index in [1.807, 2.05) is 4.90 Å². The molecule has 2 heterocycles. The van der Waals surface area contributed by atoms with Gasteiger partial charge in [-0.3, -0.25) is 0 Å². The van der Waals surface area contributed by atoms with Crippen LogP contribution < -0.4 is 9.80 Å². The molecule has 1 saturated heterocycles. The number of nitrogens with one attached hydrogen (secondary N) is 1. The quantitative estimate of drug-likeness (QED) is 0.582. The number of hydrogen-bond acceptors (Lipinski definition) is 6. The Morgan fingerprint density at radius 3 is 2.42 bits per heavy atom. The number of fused-ring (bicyclic) bond motifs is 1. The van der Waals surface area contributed by atoms with E-state index in [4.69, 9.17) is 5.11 Å². The second kappa shape index (κ2) is 8.69. The van der Waals surface area contributed by atoms with E-state index in [-0.39, 0.29) is 18.2 Å². The lowest BCUT2D eigenvalue weighted by Crippen LogP contribution is -3.15. The van der Waals surface area contributed by atoms with E-state index in [0.29, 0.717) is 36.7 Å². The lowest BCUT2D eigenvalue weighted by Gasteiger charge is -2.35. The fourth-order valence-corrected chi connectivity index (χ4v) is 4.56. The Morgan fingerprint density at radius 2 is 1.74 bits per heavy atom. The summed E-state index contributed by atoms with van der Waals surface area (Å²) in [6.07, 6.45) is 0. The van der Waals surface area contributed by atoms with Crippen LogP contribution in [0, 0.1) is 11.6 Å². The number of para-hydroxylation sites is 2. The third-order valence-electron chi connectivity index (χ3n) is 5.15. The number of anilines is 1. The molecule has 1 aromatic heterocycles. The molecule has 1 aliphatic heterocycles. The lowest BCUT2D eigenvalue weighted by atomic mass is 10.2. The van der Waals surface area contributed by atoms with Crippen LogP contribution >= 0.6 is 0 Å². The minimum absolute atomic E-state index is 0.0864. The molecule has 0 saturated carbocycles.